The number of hydrogen-bond acceptors (Lipinski definition) is 2. The van der Waals surface area contributed by atoms with Crippen molar-refractivity contribution in [2.45, 2.75) is 44.2 Å². The normalized spacial score (nSPS) is 35.2. The van der Waals surface area contributed by atoms with Crippen LogP contribution in [0.5, 0.6) is 0 Å². The summed E-state index contributed by atoms with van der Waals surface area (Å²) in [5.41, 5.74) is 5.58. The summed E-state index contributed by atoms with van der Waals surface area (Å²) < 4.78 is 0. The molecule has 2 nitrogen and oxygen atoms in total. The van der Waals surface area contributed by atoms with E-state index in [2.05, 4.69) is 6.92 Å². The topological polar surface area (TPSA) is 46.2 Å². The van der Waals surface area contributed by atoms with E-state index < -0.39 is 0 Å². The van der Waals surface area contributed by atoms with Crippen LogP contribution in [0.1, 0.15) is 32.1 Å². The van der Waals surface area contributed by atoms with E-state index in [4.69, 9.17) is 5.73 Å². The maximum absolute atomic E-state index is 9.21. The molecule has 1 rings (SSSR count). The predicted molar refractivity (Wildman–Crippen MR) is 45.9 cm³/mol. The number of rotatable bonds is 2. The zero-order valence-corrected chi connectivity index (χ0v) is 7.00. The second kappa shape index (κ2) is 4.07. The molecule has 3 N–H and O–H groups in total. The molecule has 0 aromatic carbocycles. The highest BCUT2D eigenvalue weighted by atomic mass is 16.3. The fourth-order valence-electron chi connectivity index (χ4n) is 1.81. The molecule has 0 bridgehead atoms. The van der Waals surface area contributed by atoms with Gasteiger partial charge in [-0.15, -0.1) is 0 Å². The van der Waals surface area contributed by atoms with Crippen LogP contribution in [0.2, 0.25) is 0 Å². The molecule has 1 radical (unpaired) electrons. The molecule has 0 aliphatic heterocycles. The van der Waals surface area contributed by atoms with Crippen molar-refractivity contribution in [1.82, 2.24) is 0 Å². The largest absolute Gasteiger partial charge is 0.393 e. The quantitative estimate of drug-likeness (QED) is 0.628. The Kier molecular flexibility index (Phi) is 3.34. The number of aliphatic hydroxyl groups is 1. The van der Waals surface area contributed by atoms with Gasteiger partial charge in [-0.05, 0) is 44.9 Å². The Morgan fingerprint density at radius 1 is 1.36 bits per heavy atom. The lowest BCUT2D eigenvalue weighted by Crippen LogP contribution is -2.24. The summed E-state index contributed by atoms with van der Waals surface area (Å²) in [5.74, 6) is 0.714. The molecule has 1 saturated carbocycles. The average molecular weight is 156 g/mol. The van der Waals surface area contributed by atoms with Crippen LogP contribution in [-0.4, -0.2) is 17.3 Å². The van der Waals surface area contributed by atoms with Gasteiger partial charge >= 0.3 is 0 Å². The second-order valence-electron chi connectivity index (χ2n) is 3.67. The zero-order valence-electron chi connectivity index (χ0n) is 7.00. The van der Waals surface area contributed by atoms with E-state index in [1.54, 1.807) is 0 Å². The first-order valence-electron chi connectivity index (χ1n) is 4.45. The highest BCUT2D eigenvalue weighted by molar-refractivity contribution is 4.76. The second-order valence-corrected chi connectivity index (χ2v) is 3.67. The summed E-state index contributed by atoms with van der Waals surface area (Å²) in [5, 5.41) is 9.21. The first-order valence-corrected chi connectivity index (χ1v) is 4.45. The van der Waals surface area contributed by atoms with Crippen molar-refractivity contribution in [3.05, 3.63) is 6.92 Å². The van der Waals surface area contributed by atoms with E-state index in [0.29, 0.717) is 5.92 Å². The Labute approximate surface area is 68.8 Å². The van der Waals surface area contributed by atoms with Crippen LogP contribution >= 0.6 is 0 Å². The van der Waals surface area contributed by atoms with Gasteiger partial charge in [0.15, 0.2) is 0 Å². The fourth-order valence-corrected chi connectivity index (χ4v) is 1.81. The molecule has 65 valence electrons. The van der Waals surface area contributed by atoms with Crippen molar-refractivity contribution < 1.29 is 5.11 Å². The number of hydrogen-bond donors (Lipinski definition) is 2. The van der Waals surface area contributed by atoms with Crippen LogP contribution in [0.15, 0.2) is 0 Å². The van der Waals surface area contributed by atoms with Crippen molar-refractivity contribution in [2.24, 2.45) is 11.7 Å². The minimum atomic E-state index is -0.0488. The van der Waals surface area contributed by atoms with E-state index in [1.165, 1.54) is 0 Å². The molecule has 2 heteroatoms. The van der Waals surface area contributed by atoms with Gasteiger partial charge in [0.25, 0.3) is 0 Å². The Balaban J connectivity index is 2.17. The molecule has 0 amide bonds. The van der Waals surface area contributed by atoms with Crippen molar-refractivity contribution in [3.8, 4) is 0 Å². The molecule has 0 saturated heterocycles. The first kappa shape index (κ1) is 9.01. The van der Waals surface area contributed by atoms with Crippen LogP contribution in [0.25, 0.3) is 0 Å². The molecule has 0 spiro atoms. The van der Waals surface area contributed by atoms with E-state index in [1.807, 2.05) is 0 Å². The average Bonchev–Trinajstić information content (AvgIpc) is 1.93. The third kappa shape index (κ3) is 3.21. The van der Waals surface area contributed by atoms with Crippen LogP contribution in [0.3, 0.4) is 0 Å². The molecule has 1 fully saturated rings. The van der Waals surface area contributed by atoms with Crippen molar-refractivity contribution >= 4 is 0 Å². The molecule has 1 atom stereocenters. The Morgan fingerprint density at radius 3 is 2.36 bits per heavy atom. The maximum atomic E-state index is 9.21. The van der Waals surface area contributed by atoms with E-state index in [9.17, 15) is 5.11 Å². The standard InChI is InChI=1S/C9H18NO/c1-7(10)6-8-2-4-9(11)5-3-8/h7-9,11H,1-6,10H2. The Morgan fingerprint density at radius 2 is 1.91 bits per heavy atom. The molecule has 0 heterocycles. The van der Waals surface area contributed by atoms with E-state index >= 15 is 0 Å². The Hall–Kier alpha value is -0.0800. The fraction of sp³-hybridized carbons (Fsp3) is 0.889. The summed E-state index contributed by atoms with van der Waals surface area (Å²) in [7, 11) is 0. The highest BCUT2D eigenvalue weighted by Crippen LogP contribution is 2.27. The van der Waals surface area contributed by atoms with Crippen molar-refractivity contribution in [3.63, 3.8) is 0 Å². The minimum absolute atomic E-state index is 0.0488. The van der Waals surface area contributed by atoms with Crippen LogP contribution in [0, 0.1) is 12.8 Å². The van der Waals surface area contributed by atoms with Gasteiger partial charge in [0.1, 0.15) is 0 Å². The van der Waals surface area contributed by atoms with Crippen LogP contribution in [-0.2, 0) is 0 Å². The SMILES string of the molecule is [CH2]C(N)CC1CCC(O)CC1. The van der Waals surface area contributed by atoms with Gasteiger partial charge in [-0.2, -0.15) is 0 Å². The van der Waals surface area contributed by atoms with Gasteiger partial charge in [0, 0.05) is 6.04 Å². The molecule has 11 heavy (non-hydrogen) atoms. The molecule has 1 aliphatic carbocycles. The van der Waals surface area contributed by atoms with Crippen LogP contribution in [0.4, 0.5) is 0 Å². The van der Waals surface area contributed by atoms with E-state index in [-0.39, 0.29) is 12.1 Å². The molecule has 0 aromatic rings. The maximum Gasteiger partial charge on any atom is 0.0540 e. The monoisotopic (exact) mass is 156 g/mol. The zero-order chi connectivity index (χ0) is 8.27. The summed E-state index contributed by atoms with van der Waals surface area (Å²) in [4.78, 5) is 0. The van der Waals surface area contributed by atoms with Crippen molar-refractivity contribution in [2.75, 3.05) is 0 Å². The molecular formula is C9H18NO. The smallest absolute Gasteiger partial charge is 0.0540 e. The highest BCUT2D eigenvalue weighted by Gasteiger charge is 2.19. The molecule has 1 unspecified atom stereocenters. The lowest BCUT2D eigenvalue weighted by atomic mass is 9.84. The lowest BCUT2D eigenvalue weighted by molar-refractivity contribution is 0.105. The summed E-state index contributed by atoms with van der Waals surface area (Å²) in [6, 6.07) is 0.0789. The first-order chi connectivity index (χ1) is 5.18. The summed E-state index contributed by atoms with van der Waals surface area (Å²) in [6.07, 6.45) is 5.14. The number of nitrogens with two attached hydrogens (primary N) is 1. The third-order valence-corrected chi connectivity index (χ3v) is 2.45. The van der Waals surface area contributed by atoms with Gasteiger partial charge in [-0.25, -0.2) is 0 Å². The summed E-state index contributed by atoms with van der Waals surface area (Å²) >= 11 is 0. The van der Waals surface area contributed by atoms with Crippen LogP contribution < -0.4 is 5.73 Å². The van der Waals surface area contributed by atoms with Gasteiger partial charge in [0.2, 0.25) is 0 Å². The third-order valence-electron chi connectivity index (χ3n) is 2.45. The predicted octanol–water partition coefficient (Wildman–Crippen LogP) is 1.09. The van der Waals surface area contributed by atoms with Gasteiger partial charge < -0.3 is 10.8 Å². The minimum Gasteiger partial charge on any atom is -0.393 e. The molecule has 1 aliphatic rings. The summed E-state index contributed by atoms with van der Waals surface area (Å²) in [6.45, 7) is 3.77. The van der Waals surface area contributed by atoms with Crippen molar-refractivity contribution in [1.29, 1.82) is 0 Å². The number of aliphatic hydroxyl groups excluding tert-OH is 1. The van der Waals surface area contributed by atoms with Gasteiger partial charge in [0.05, 0.1) is 6.10 Å². The Bertz CT molecular complexity index is 106. The lowest BCUT2D eigenvalue weighted by Gasteiger charge is -2.26. The van der Waals surface area contributed by atoms with Gasteiger partial charge in [-0.3, -0.25) is 0 Å². The van der Waals surface area contributed by atoms with Gasteiger partial charge in [-0.1, -0.05) is 0 Å². The molecule has 0 aromatic heterocycles. The van der Waals surface area contributed by atoms with E-state index in [0.717, 1.165) is 32.1 Å². The molecular weight excluding hydrogens is 138 g/mol.